The third-order valence-electron chi connectivity index (χ3n) is 5.23. The van der Waals surface area contributed by atoms with Crippen molar-refractivity contribution >= 4 is 22.5 Å². The van der Waals surface area contributed by atoms with Crippen molar-refractivity contribution in [3.8, 4) is 11.5 Å². The molecule has 1 amide bonds. The predicted molar refractivity (Wildman–Crippen MR) is 103 cm³/mol. The van der Waals surface area contributed by atoms with Crippen LogP contribution >= 0.6 is 0 Å². The van der Waals surface area contributed by atoms with Gasteiger partial charge >= 0.3 is 0 Å². The minimum absolute atomic E-state index is 0.0524. The van der Waals surface area contributed by atoms with Crippen LogP contribution in [0, 0.1) is 12.8 Å². The van der Waals surface area contributed by atoms with Crippen LogP contribution in [-0.2, 0) is 4.79 Å². The average molecular weight is 365 g/mol. The van der Waals surface area contributed by atoms with Crippen molar-refractivity contribution in [1.29, 1.82) is 0 Å². The minimum Gasteiger partial charge on any atom is -0.439 e. The first-order valence-corrected chi connectivity index (χ1v) is 9.29. The number of nitrogens with one attached hydrogen (secondary N) is 2. The lowest BCUT2D eigenvalue weighted by atomic mass is 9.85. The number of nitrogens with zero attached hydrogens (tertiary/aromatic N) is 3. The van der Waals surface area contributed by atoms with Gasteiger partial charge in [0.25, 0.3) is 0 Å². The van der Waals surface area contributed by atoms with Gasteiger partial charge in [-0.25, -0.2) is 9.97 Å². The summed E-state index contributed by atoms with van der Waals surface area (Å²) in [5, 5.41) is 8.11. The molecule has 0 spiro atoms. The van der Waals surface area contributed by atoms with Gasteiger partial charge in [0.2, 0.25) is 5.91 Å². The second-order valence-electron chi connectivity index (χ2n) is 7.06. The van der Waals surface area contributed by atoms with E-state index in [9.17, 15) is 4.79 Å². The van der Waals surface area contributed by atoms with Crippen LogP contribution in [0.5, 0.6) is 0 Å². The second-order valence-corrected chi connectivity index (χ2v) is 7.06. The topological polar surface area (TPSA) is 92.9 Å². The van der Waals surface area contributed by atoms with Gasteiger partial charge in [0.1, 0.15) is 11.5 Å². The highest BCUT2D eigenvalue weighted by Crippen LogP contribution is 2.27. The van der Waals surface area contributed by atoms with E-state index in [1.807, 2.05) is 19.2 Å². The van der Waals surface area contributed by atoms with Gasteiger partial charge in [-0.1, -0.05) is 0 Å². The molecule has 3 heterocycles. The molecule has 1 fully saturated rings. The monoisotopic (exact) mass is 365 g/mol. The Bertz CT molecular complexity index is 960. The van der Waals surface area contributed by atoms with Gasteiger partial charge in [-0.2, -0.15) is 0 Å². The highest BCUT2D eigenvalue weighted by molar-refractivity contribution is 5.94. The fourth-order valence-corrected chi connectivity index (χ4v) is 3.59. The molecule has 0 atom stereocenters. The van der Waals surface area contributed by atoms with Gasteiger partial charge in [-0.3, -0.25) is 9.78 Å². The molecule has 4 rings (SSSR count). The molecule has 1 saturated carbocycles. The van der Waals surface area contributed by atoms with E-state index in [2.05, 4.69) is 25.6 Å². The SMILES string of the molecule is CNC1CCC(C(=O)Nc2cc3cc(-c4cnc(C)o4)ncc3cn2)CC1. The van der Waals surface area contributed by atoms with E-state index >= 15 is 0 Å². The molecule has 0 radical (unpaired) electrons. The molecule has 0 unspecified atom stereocenters. The molecule has 140 valence electrons. The summed E-state index contributed by atoms with van der Waals surface area (Å²) < 4.78 is 5.55. The van der Waals surface area contributed by atoms with Crippen molar-refractivity contribution in [1.82, 2.24) is 20.3 Å². The normalized spacial score (nSPS) is 19.9. The molecule has 3 aromatic heterocycles. The second kappa shape index (κ2) is 7.44. The molecular weight excluding hydrogens is 342 g/mol. The molecule has 7 heteroatoms. The van der Waals surface area contributed by atoms with E-state index in [-0.39, 0.29) is 11.8 Å². The summed E-state index contributed by atoms with van der Waals surface area (Å²) in [6.45, 7) is 1.80. The number of carbonyl (C=O) groups is 1. The molecule has 0 aliphatic heterocycles. The Morgan fingerprint density at radius 2 is 1.81 bits per heavy atom. The third kappa shape index (κ3) is 3.83. The van der Waals surface area contributed by atoms with Crippen molar-refractivity contribution in [3.63, 3.8) is 0 Å². The summed E-state index contributed by atoms with van der Waals surface area (Å²) in [5.41, 5.74) is 0.706. The Labute approximate surface area is 157 Å². The number of anilines is 1. The maximum atomic E-state index is 12.6. The number of aromatic nitrogens is 3. The Balaban J connectivity index is 1.51. The molecule has 0 saturated heterocycles. The molecule has 0 bridgehead atoms. The largest absolute Gasteiger partial charge is 0.439 e. The number of aryl methyl sites for hydroxylation is 1. The van der Waals surface area contributed by atoms with E-state index in [0.29, 0.717) is 29.2 Å². The van der Waals surface area contributed by atoms with Crippen molar-refractivity contribution in [2.75, 3.05) is 12.4 Å². The van der Waals surface area contributed by atoms with Gasteiger partial charge in [-0.15, -0.1) is 0 Å². The Morgan fingerprint density at radius 3 is 2.52 bits per heavy atom. The number of pyridine rings is 2. The summed E-state index contributed by atoms with van der Waals surface area (Å²) in [4.78, 5) is 25.5. The van der Waals surface area contributed by atoms with Crippen LogP contribution in [0.4, 0.5) is 5.82 Å². The van der Waals surface area contributed by atoms with Crippen LogP contribution in [0.1, 0.15) is 31.6 Å². The Hall–Kier alpha value is -2.80. The van der Waals surface area contributed by atoms with Crippen molar-refractivity contribution in [2.45, 2.75) is 38.6 Å². The zero-order valence-corrected chi connectivity index (χ0v) is 15.5. The summed E-state index contributed by atoms with van der Waals surface area (Å²) in [6.07, 6.45) is 9.02. The van der Waals surface area contributed by atoms with Crippen LogP contribution < -0.4 is 10.6 Å². The molecule has 1 aliphatic carbocycles. The van der Waals surface area contributed by atoms with Crippen LogP contribution in [-0.4, -0.2) is 33.9 Å². The number of hydrogen-bond donors (Lipinski definition) is 2. The summed E-state index contributed by atoms with van der Waals surface area (Å²) in [7, 11) is 1.98. The van der Waals surface area contributed by atoms with Gasteiger partial charge in [0.05, 0.1) is 6.20 Å². The number of rotatable bonds is 4. The summed E-state index contributed by atoms with van der Waals surface area (Å²) >= 11 is 0. The van der Waals surface area contributed by atoms with E-state index in [4.69, 9.17) is 4.42 Å². The van der Waals surface area contributed by atoms with E-state index in [1.54, 1.807) is 25.5 Å². The van der Waals surface area contributed by atoms with Crippen molar-refractivity contribution in [2.24, 2.45) is 5.92 Å². The molecular formula is C20H23N5O2. The van der Waals surface area contributed by atoms with Gasteiger partial charge in [0, 0.05) is 36.7 Å². The van der Waals surface area contributed by atoms with Gasteiger partial charge in [0.15, 0.2) is 11.7 Å². The minimum atomic E-state index is 0.0524. The first-order valence-electron chi connectivity index (χ1n) is 9.29. The number of hydrogen-bond acceptors (Lipinski definition) is 6. The maximum Gasteiger partial charge on any atom is 0.228 e. The van der Waals surface area contributed by atoms with Gasteiger partial charge < -0.3 is 15.1 Å². The molecule has 3 aromatic rings. The fourth-order valence-electron chi connectivity index (χ4n) is 3.59. The lowest BCUT2D eigenvalue weighted by Crippen LogP contribution is -2.34. The number of oxazole rings is 1. The lowest BCUT2D eigenvalue weighted by molar-refractivity contribution is -0.120. The third-order valence-corrected chi connectivity index (χ3v) is 5.23. The van der Waals surface area contributed by atoms with Crippen molar-refractivity contribution in [3.05, 3.63) is 36.6 Å². The maximum absolute atomic E-state index is 12.6. The molecule has 2 N–H and O–H groups in total. The fraction of sp³-hybridized carbons (Fsp3) is 0.400. The zero-order valence-electron chi connectivity index (χ0n) is 15.5. The highest BCUT2D eigenvalue weighted by Gasteiger charge is 2.25. The summed E-state index contributed by atoms with van der Waals surface area (Å²) in [6, 6.07) is 4.32. The highest BCUT2D eigenvalue weighted by atomic mass is 16.4. The average Bonchev–Trinajstić information content (AvgIpc) is 3.14. The quantitative estimate of drug-likeness (QED) is 0.737. The van der Waals surface area contributed by atoms with Gasteiger partial charge in [-0.05, 0) is 50.2 Å². The van der Waals surface area contributed by atoms with Crippen LogP contribution in [0.3, 0.4) is 0 Å². The van der Waals surface area contributed by atoms with Crippen LogP contribution in [0.15, 0.2) is 35.1 Å². The molecule has 0 aromatic carbocycles. The molecule has 7 nitrogen and oxygen atoms in total. The molecule has 1 aliphatic rings. The van der Waals surface area contributed by atoms with E-state index < -0.39 is 0 Å². The number of amides is 1. The molecule has 27 heavy (non-hydrogen) atoms. The summed E-state index contributed by atoms with van der Waals surface area (Å²) in [5.74, 6) is 1.89. The Kier molecular flexibility index (Phi) is 4.85. The van der Waals surface area contributed by atoms with E-state index in [1.165, 1.54) is 0 Å². The standard InChI is InChI=1S/C20H23N5O2/c1-12-22-11-18(27-12)17-7-14-8-19(24-10-15(14)9-23-17)25-20(26)13-3-5-16(21-2)6-4-13/h7-11,13,16,21H,3-6H2,1-2H3,(H,24,25,26). The van der Waals surface area contributed by atoms with Crippen LogP contribution in [0.2, 0.25) is 0 Å². The lowest BCUT2D eigenvalue weighted by Gasteiger charge is -2.27. The predicted octanol–water partition coefficient (Wildman–Crippen LogP) is 3.31. The number of carbonyl (C=O) groups excluding carboxylic acids is 1. The first kappa shape index (κ1) is 17.6. The smallest absolute Gasteiger partial charge is 0.228 e. The zero-order chi connectivity index (χ0) is 18.8. The van der Waals surface area contributed by atoms with Crippen LogP contribution in [0.25, 0.3) is 22.2 Å². The van der Waals surface area contributed by atoms with E-state index in [0.717, 1.165) is 36.5 Å². The van der Waals surface area contributed by atoms with Crippen molar-refractivity contribution < 1.29 is 9.21 Å². The Morgan fingerprint density at radius 1 is 1.04 bits per heavy atom. The first-order chi connectivity index (χ1) is 13.1. The number of fused-ring (bicyclic) bond motifs is 1.